The molecule has 5 heteroatoms. The maximum atomic E-state index is 9.67. The number of imidazole rings is 1. The van der Waals surface area contributed by atoms with Gasteiger partial charge in [0.05, 0.1) is 23.2 Å². The van der Waals surface area contributed by atoms with Gasteiger partial charge in [0.25, 0.3) is 0 Å². The van der Waals surface area contributed by atoms with Crippen LogP contribution >= 0.6 is 15.9 Å². The van der Waals surface area contributed by atoms with Crippen LogP contribution in [0.4, 0.5) is 0 Å². The van der Waals surface area contributed by atoms with E-state index in [0.717, 1.165) is 21.3 Å². The summed E-state index contributed by atoms with van der Waals surface area (Å²) in [5, 5.41) is 9.67. The highest BCUT2D eigenvalue weighted by Crippen LogP contribution is 2.27. The number of hydrogen-bond acceptors (Lipinski definition) is 3. The van der Waals surface area contributed by atoms with Gasteiger partial charge in [-0.25, -0.2) is 4.98 Å². The summed E-state index contributed by atoms with van der Waals surface area (Å²) >= 11 is 3.44. The van der Waals surface area contributed by atoms with E-state index in [-0.39, 0.29) is 6.04 Å². The number of rotatable bonds is 3. The van der Waals surface area contributed by atoms with E-state index in [1.54, 1.807) is 6.92 Å². The number of nitrogens with zero attached hydrogens (tertiary/aromatic N) is 2. The van der Waals surface area contributed by atoms with Gasteiger partial charge in [-0.15, -0.1) is 0 Å². The minimum absolute atomic E-state index is 0.246. The van der Waals surface area contributed by atoms with E-state index in [1.165, 1.54) is 0 Å². The molecule has 1 aromatic heterocycles. The minimum atomic E-state index is -0.622. The SMILES string of the molecule is CC(O)C(N)c1nc2cc(Br)ccc2n1C(C)C. The first-order valence-corrected chi connectivity index (χ1v) is 6.82. The molecule has 0 radical (unpaired) electrons. The Kier molecular flexibility index (Phi) is 3.75. The molecule has 2 aromatic rings. The van der Waals surface area contributed by atoms with Crippen molar-refractivity contribution in [2.75, 3.05) is 0 Å². The lowest BCUT2D eigenvalue weighted by Gasteiger charge is -2.19. The van der Waals surface area contributed by atoms with E-state index in [4.69, 9.17) is 5.73 Å². The first-order chi connectivity index (χ1) is 8.41. The lowest BCUT2D eigenvalue weighted by molar-refractivity contribution is 0.158. The topological polar surface area (TPSA) is 64.1 Å². The van der Waals surface area contributed by atoms with Crippen molar-refractivity contribution in [3.8, 4) is 0 Å². The van der Waals surface area contributed by atoms with Crippen LogP contribution in [0.5, 0.6) is 0 Å². The highest BCUT2D eigenvalue weighted by molar-refractivity contribution is 9.10. The summed E-state index contributed by atoms with van der Waals surface area (Å²) in [4.78, 5) is 4.56. The van der Waals surface area contributed by atoms with Crippen LogP contribution in [-0.2, 0) is 0 Å². The lowest BCUT2D eigenvalue weighted by atomic mass is 10.2. The standard InChI is InChI=1S/C13H18BrN3O/c1-7(2)17-11-5-4-9(14)6-10(11)16-13(17)12(15)8(3)18/h4-8,12,18H,15H2,1-3H3. The maximum Gasteiger partial charge on any atom is 0.129 e. The molecule has 2 atom stereocenters. The molecule has 0 spiro atoms. The van der Waals surface area contributed by atoms with Gasteiger partial charge in [-0.05, 0) is 39.0 Å². The van der Waals surface area contributed by atoms with Gasteiger partial charge in [-0.1, -0.05) is 15.9 Å². The molecule has 2 rings (SSSR count). The van der Waals surface area contributed by atoms with Gasteiger partial charge in [0.15, 0.2) is 0 Å². The number of benzene rings is 1. The Morgan fingerprint density at radius 2 is 2.00 bits per heavy atom. The summed E-state index contributed by atoms with van der Waals surface area (Å²) in [6.07, 6.45) is -0.622. The minimum Gasteiger partial charge on any atom is -0.391 e. The van der Waals surface area contributed by atoms with Crippen LogP contribution in [0.25, 0.3) is 11.0 Å². The first-order valence-electron chi connectivity index (χ1n) is 6.03. The predicted octanol–water partition coefficient (Wildman–Crippen LogP) is 2.76. The van der Waals surface area contributed by atoms with Crippen molar-refractivity contribution < 1.29 is 5.11 Å². The Balaban J connectivity index is 2.68. The molecule has 0 fully saturated rings. The fourth-order valence-electron chi connectivity index (χ4n) is 2.08. The second-order valence-corrected chi connectivity index (χ2v) is 5.75. The van der Waals surface area contributed by atoms with Crippen molar-refractivity contribution in [2.24, 2.45) is 5.73 Å². The molecule has 1 heterocycles. The Morgan fingerprint density at radius 1 is 1.33 bits per heavy atom. The third kappa shape index (κ3) is 2.30. The molecular weight excluding hydrogens is 294 g/mol. The van der Waals surface area contributed by atoms with E-state index >= 15 is 0 Å². The molecule has 2 unspecified atom stereocenters. The van der Waals surface area contributed by atoms with Crippen molar-refractivity contribution >= 4 is 27.0 Å². The van der Waals surface area contributed by atoms with Crippen LogP contribution in [0.15, 0.2) is 22.7 Å². The molecule has 3 N–H and O–H groups in total. The van der Waals surface area contributed by atoms with E-state index < -0.39 is 12.1 Å². The number of aliphatic hydroxyl groups excluding tert-OH is 1. The highest BCUT2D eigenvalue weighted by atomic mass is 79.9. The molecule has 4 nitrogen and oxygen atoms in total. The number of halogens is 1. The van der Waals surface area contributed by atoms with Crippen molar-refractivity contribution in [1.29, 1.82) is 0 Å². The molecule has 0 aliphatic heterocycles. The fourth-order valence-corrected chi connectivity index (χ4v) is 2.43. The zero-order valence-electron chi connectivity index (χ0n) is 10.8. The predicted molar refractivity (Wildman–Crippen MR) is 76.4 cm³/mol. The highest BCUT2D eigenvalue weighted by Gasteiger charge is 2.22. The lowest BCUT2D eigenvalue weighted by Crippen LogP contribution is -2.27. The molecule has 0 saturated carbocycles. The summed E-state index contributed by atoms with van der Waals surface area (Å²) in [7, 11) is 0. The third-order valence-corrected chi connectivity index (χ3v) is 3.51. The molecular formula is C13H18BrN3O. The van der Waals surface area contributed by atoms with Crippen molar-refractivity contribution in [3.05, 3.63) is 28.5 Å². The summed E-state index contributed by atoms with van der Waals surface area (Å²) in [5.41, 5.74) is 7.97. The number of nitrogens with two attached hydrogens (primary N) is 1. The van der Waals surface area contributed by atoms with Crippen LogP contribution in [0.3, 0.4) is 0 Å². The van der Waals surface area contributed by atoms with Gasteiger partial charge in [-0.2, -0.15) is 0 Å². The van der Waals surface area contributed by atoms with Gasteiger partial charge in [-0.3, -0.25) is 0 Å². The van der Waals surface area contributed by atoms with Crippen LogP contribution in [0.1, 0.15) is 38.7 Å². The zero-order valence-corrected chi connectivity index (χ0v) is 12.3. The van der Waals surface area contributed by atoms with Crippen LogP contribution in [0.2, 0.25) is 0 Å². The van der Waals surface area contributed by atoms with Gasteiger partial charge in [0.2, 0.25) is 0 Å². The number of hydrogen-bond donors (Lipinski definition) is 2. The number of aromatic nitrogens is 2. The molecule has 0 aliphatic rings. The Bertz CT molecular complexity index is 563. The van der Waals surface area contributed by atoms with Gasteiger partial charge < -0.3 is 15.4 Å². The first kappa shape index (κ1) is 13.5. The molecule has 0 bridgehead atoms. The molecule has 1 aromatic carbocycles. The Labute approximate surface area is 115 Å². The van der Waals surface area contributed by atoms with E-state index in [2.05, 4.69) is 39.3 Å². The zero-order chi connectivity index (χ0) is 13.4. The molecule has 0 aliphatic carbocycles. The van der Waals surface area contributed by atoms with Crippen LogP contribution < -0.4 is 5.73 Å². The Hall–Kier alpha value is -0.910. The maximum absolute atomic E-state index is 9.67. The van der Waals surface area contributed by atoms with Crippen molar-refractivity contribution in [3.63, 3.8) is 0 Å². The fraction of sp³-hybridized carbons (Fsp3) is 0.462. The van der Waals surface area contributed by atoms with Crippen LogP contribution in [-0.4, -0.2) is 20.8 Å². The quantitative estimate of drug-likeness (QED) is 0.916. The number of fused-ring (bicyclic) bond motifs is 1. The van der Waals surface area contributed by atoms with E-state index in [9.17, 15) is 5.11 Å². The van der Waals surface area contributed by atoms with Crippen LogP contribution in [0, 0.1) is 0 Å². The second-order valence-electron chi connectivity index (χ2n) is 4.83. The molecule has 0 saturated heterocycles. The smallest absolute Gasteiger partial charge is 0.129 e. The largest absolute Gasteiger partial charge is 0.391 e. The average Bonchev–Trinajstić information content (AvgIpc) is 2.65. The van der Waals surface area contributed by atoms with Gasteiger partial charge >= 0.3 is 0 Å². The van der Waals surface area contributed by atoms with Crippen molar-refractivity contribution in [1.82, 2.24) is 9.55 Å². The summed E-state index contributed by atoms with van der Waals surface area (Å²) in [5.74, 6) is 0.730. The normalized spacial score (nSPS) is 15.3. The Morgan fingerprint density at radius 3 is 2.56 bits per heavy atom. The average molecular weight is 312 g/mol. The monoisotopic (exact) mass is 311 g/mol. The number of aliphatic hydroxyl groups is 1. The van der Waals surface area contributed by atoms with E-state index in [0.29, 0.717) is 0 Å². The summed E-state index contributed by atoms with van der Waals surface area (Å²) < 4.78 is 3.07. The van der Waals surface area contributed by atoms with Gasteiger partial charge in [0, 0.05) is 10.5 Å². The summed E-state index contributed by atoms with van der Waals surface area (Å²) in [6.45, 7) is 5.85. The molecule has 0 amide bonds. The second kappa shape index (κ2) is 4.99. The molecule has 98 valence electrons. The van der Waals surface area contributed by atoms with Crippen molar-refractivity contribution in [2.45, 2.75) is 39.0 Å². The van der Waals surface area contributed by atoms with E-state index in [1.807, 2.05) is 18.2 Å². The third-order valence-electron chi connectivity index (χ3n) is 3.01. The molecule has 18 heavy (non-hydrogen) atoms. The van der Waals surface area contributed by atoms with Gasteiger partial charge in [0.1, 0.15) is 5.82 Å². The summed E-state index contributed by atoms with van der Waals surface area (Å²) in [6, 6.07) is 5.74.